The highest BCUT2D eigenvalue weighted by molar-refractivity contribution is 4.90. The molecule has 1 unspecified atom stereocenters. The van der Waals surface area contributed by atoms with Crippen LogP contribution in [0, 0.1) is 0 Å². The van der Waals surface area contributed by atoms with Crippen LogP contribution >= 0.6 is 0 Å². The lowest BCUT2D eigenvalue weighted by atomic mass is 9.97. The van der Waals surface area contributed by atoms with E-state index in [2.05, 4.69) is 58.3 Å². The minimum absolute atomic E-state index is 0.309. The number of piperazine rings is 1. The fourth-order valence-corrected chi connectivity index (χ4v) is 2.56. The number of hydrogen-bond acceptors (Lipinski definition) is 2. The Labute approximate surface area is 95.6 Å². The summed E-state index contributed by atoms with van der Waals surface area (Å²) in [5.74, 6) is 0. The molecule has 1 rings (SSSR count). The van der Waals surface area contributed by atoms with Crippen LogP contribution in [0.3, 0.4) is 0 Å². The fraction of sp³-hybridized carbons (Fsp3) is 1.00. The topological polar surface area (TPSA) is 6.48 Å². The predicted octanol–water partition coefficient (Wildman–Crippen LogP) is 2.59. The Morgan fingerprint density at radius 2 is 1.40 bits per heavy atom. The molecule has 2 heteroatoms. The van der Waals surface area contributed by atoms with E-state index in [1.165, 1.54) is 19.6 Å². The Bertz CT molecular complexity index is 210. The summed E-state index contributed by atoms with van der Waals surface area (Å²) in [5, 5.41) is 0. The van der Waals surface area contributed by atoms with Gasteiger partial charge in [0.2, 0.25) is 0 Å². The summed E-state index contributed by atoms with van der Waals surface area (Å²) >= 11 is 0. The zero-order valence-corrected chi connectivity index (χ0v) is 11.6. The molecular formula is C13H28N2. The van der Waals surface area contributed by atoms with E-state index < -0.39 is 0 Å². The van der Waals surface area contributed by atoms with Crippen LogP contribution in [0.4, 0.5) is 0 Å². The van der Waals surface area contributed by atoms with Gasteiger partial charge in [-0.05, 0) is 48.5 Å². The Hall–Kier alpha value is -0.0800. The molecule has 0 aliphatic carbocycles. The van der Waals surface area contributed by atoms with Gasteiger partial charge in [-0.2, -0.15) is 0 Å². The van der Waals surface area contributed by atoms with Gasteiger partial charge in [0.1, 0.15) is 0 Å². The number of nitrogens with zero attached hydrogens (tertiary/aromatic N) is 2. The van der Waals surface area contributed by atoms with Gasteiger partial charge in [0, 0.05) is 36.8 Å². The van der Waals surface area contributed by atoms with Crippen LogP contribution in [0.15, 0.2) is 0 Å². The van der Waals surface area contributed by atoms with E-state index in [-0.39, 0.29) is 0 Å². The van der Waals surface area contributed by atoms with Crippen LogP contribution in [-0.4, -0.2) is 46.6 Å². The van der Waals surface area contributed by atoms with E-state index in [0.29, 0.717) is 17.1 Å². The van der Waals surface area contributed by atoms with Crippen molar-refractivity contribution in [3.8, 4) is 0 Å². The Kier molecular flexibility index (Phi) is 3.52. The molecular weight excluding hydrogens is 184 g/mol. The Balaban J connectivity index is 2.64. The first-order valence-corrected chi connectivity index (χ1v) is 6.14. The first-order valence-electron chi connectivity index (χ1n) is 6.14. The van der Waals surface area contributed by atoms with Crippen molar-refractivity contribution in [2.45, 2.75) is 65.6 Å². The Morgan fingerprint density at radius 3 is 1.73 bits per heavy atom. The van der Waals surface area contributed by atoms with Crippen molar-refractivity contribution in [2.24, 2.45) is 0 Å². The van der Waals surface area contributed by atoms with E-state index >= 15 is 0 Å². The molecule has 90 valence electrons. The van der Waals surface area contributed by atoms with Gasteiger partial charge in [-0.25, -0.2) is 0 Å². The molecule has 0 bridgehead atoms. The van der Waals surface area contributed by atoms with Gasteiger partial charge in [-0.3, -0.25) is 9.80 Å². The first-order chi connectivity index (χ1) is 6.62. The van der Waals surface area contributed by atoms with Crippen LogP contribution in [0.1, 0.15) is 48.5 Å². The standard InChI is InChI=1S/C13H28N2/c1-11-10-14(12(2,3)4)8-9-15(11)13(5,6)7/h11H,8-10H2,1-7H3. The van der Waals surface area contributed by atoms with E-state index in [4.69, 9.17) is 0 Å². The molecule has 0 aromatic rings. The average Bonchev–Trinajstić information content (AvgIpc) is 1.99. The predicted molar refractivity (Wildman–Crippen MR) is 67.2 cm³/mol. The van der Waals surface area contributed by atoms with Crippen molar-refractivity contribution in [2.75, 3.05) is 19.6 Å². The summed E-state index contributed by atoms with van der Waals surface area (Å²) in [7, 11) is 0. The first kappa shape index (κ1) is 13.0. The molecule has 0 aromatic carbocycles. The maximum absolute atomic E-state index is 2.62. The fourth-order valence-electron chi connectivity index (χ4n) is 2.56. The third kappa shape index (κ3) is 3.18. The van der Waals surface area contributed by atoms with Crippen LogP contribution in [0.25, 0.3) is 0 Å². The lowest BCUT2D eigenvalue weighted by Gasteiger charge is -2.50. The van der Waals surface area contributed by atoms with E-state index in [0.717, 1.165) is 0 Å². The van der Waals surface area contributed by atoms with Crippen molar-refractivity contribution < 1.29 is 0 Å². The molecule has 1 atom stereocenters. The monoisotopic (exact) mass is 212 g/mol. The summed E-state index contributed by atoms with van der Waals surface area (Å²) in [5.41, 5.74) is 0.627. The van der Waals surface area contributed by atoms with Gasteiger partial charge >= 0.3 is 0 Å². The third-order valence-electron chi connectivity index (χ3n) is 3.44. The number of hydrogen-bond donors (Lipinski definition) is 0. The highest BCUT2D eigenvalue weighted by atomic mass is 15.3. The molecule has 0 spiro atoms. The second-order valence-corrected chi connectivity index (χ2v) is 6.83. The summed E-state index contributed by atoms with van der Waals surface area (Å²) in [4.78, 5) is 5.22. The van der Waals surface area contributed by atoms with Gasteiger partial charge in [-0.1, -0.05) is 0 Å². The average molecular weight is 212 g/mol. The van der Waals surface area contributed by atoms with Crippen molar-refractivity contribution in [1.29, 1.82) is 0 Å². The van der Waals surface area contributed by atoms with Crippen LogP contribution in [-0.2, 0) is 0 Å². The second-order valence-electron chi connectivity index (χ2n) is 6.83. The lowest BCUT2D eigenvalue weighted by molar-refractivity contribution is -0.0152. The smallest absolute Gasteiger partial charge is 0.0200 e. The summed E-state index contributed by atoms with van der Waals surface area (Å²) in [6.07, 6.45) is 0. The van der Waals surface area contributed by atoms with Crippen LogP contribution in [0.5, 0.6) is 0 Å². The Morgan fingerprint density at radius 1 is 0.867 bits per heavy atom. The molecule has 1 fully saturated rings. The second kappa shape index (κ2) is 4.06. The van der Waals surface area contributed by atoms with Crippen LogP contribution in [0.2, 0.25) is 0 Å². The molecule has 0 amide bonds. The molecule has 1 aliphatic rings. The van der Waals surface area contributed by atoms with Gasteiger partial charge < -0.3 is 0 Å². The molecule has 1 aliphatic heterocycles. The van der Waals surface area contributed by atoms with Crippen molar-refractivity contribution >= 4 is 0 Å². The van der Waals surface area contributed by atoms with Crippen molar-refractivity contribution in [3.05, 3.63) is 0 Å². The van der Waals surface area contributed by atoms with Crippen molar-refractivity contribution in [1.82, 2.24) is 9.80 Å². The highest BCUT2D eigenvalue weighted by Crippen LogP contribution is 2.24. The van der Waals surface area contributed by atoms with E-state index in [9.17, 15) is 0 Å². The zero-order chi connectivity index (χ0) is 11.9. The summed E-state index contributed by atoms with van der Waals surface area (Å²) in [6, 6.07) is 0.665. The van der Waals surface area contributed by atoms with E-state index in [1.54, 1.807) is 0 Å². The molecule has 0 aromatic heterocycles. The molecule has 15 heavy (non-hydrogen) atoms. The van der Waals surface area contributed by atoms with Gasteiger partial charge in [0.25, 0.3) is 0 Å². The van der Waals surface area contributed by atoms with Gasteiger partial charge in [0.15, 0.2) is 0 Å². The lowest BCUT2D eigenvalue weighted by Crippen LogP contribution is -2.61. The zero-order valence-electron chi connectivity index (χ0n) is 11.6. The van der Waals surface area contributed by atoms with Crippen molar-refractivity contribution in [3.63, 3.8) is 0 Å². The minimum Gasteiger partial charge on any atom is -0.296 e. The van der Waals surface area contributed by atoms with Crippen LogP contribution < -0.4 is 0 Å². The summed E-state index contributed by atoms with van der Waals surface area (Å²) < 4.78 is 0. The summed E-state index contributed by atoms with van der Waals surface area (Å²) in [6.45, 7) is 19.8. The maximum Gasteiger partial charge on any atom is 0.0200 e. The SMILES string of the molecule is CC1CN(C(C)(C)C)CCN1C(C)(C)C. The quantitative estimate of drug-likeness (QED) is 0.609. The number of rotatable bonds is 0. The normalized spacial score (nSPS) is 27.0. The maximum atomic E-state index is 2.62. The molecule has 1 saturated heterocycles. The molecule has 1 heterocycles. The van der Waals surface area contributed by atoms with E-state index in [1.807, 2.05) is 0 Å². The molecule has 0 N–H and O–H groups in total. The van der Waals surface area contributed by atoms with Gasteiger partial charge in [-0.15, -0.1) is 0 Å². The van der Waals surface area contributed by atoms with Gasteiger partial charge in [0.05, 0.1) is 0 Å². The molecule has 0 saturated carbocycles. The minimum atomic E-state index is 0.309. The molecule has 2 nitrogen and oxygen atoms in total. The third-order valence-corrected chi connectivity index (χ3v) is 3.44. The highest BCUT2D eigenvalue weighted by Gasteiger charge is 2.34. The molecule has 0 radical (unpaired) electrons. The largest absolute Gasteiger partial charge is 0.296 e.